The number of alkyl halides is 6. The molecule has 0 spiro atoms. The number of pyridine rings is 1. The topological polar surface area (TPSA) is 99.4 Å². The summed E-state index contributed by atoms with van der Waals surface area (Å²) in [6, 6.07) is 9.35. The molecule has 0 radical (unpaired) electrons. The lowest BCUT2D eigenvalue weighted by molar-refractivity contribution is -0.275. The first-order valence-electron chi connectivity index (χ1n) is 11.2. The molecule has 4 aromatic heterocycles. The van der Waals surface area contributed by atoms with Crippen molar-refractivity contribution in [2.24, 2.45) is 14.1 Å². The molecule has 0 aliphatic rings. The summed E-state index contributed by atoms with van der Waals surface area (Å²) in [5, 5.41) is 8.53. The third kappa shape index (κ3) is 5.06. The summed E-state index contributed by atoms with van der Waals surface area (Å²) in [6.07, 6.45) is -6.09. The second-order valence-corrected chi connectivity index (χ2v) is 8.53. The van der Waals surface area contributed by atoms with E-state index in [1.54, 1.807) is 31.3 Å². The van der Waals surface area contributed by atoms with Crippen LogP contribution in [0.2, 0.25) is 0 Å². The fourth-order valence-electron chi connectivity index (χ4n) is 4.04. The van der Waals surface area contributed by atoms with Gasteiger partial charge < -0.3 is 13.9 Å². The predicted octanol–water partition coefficient (Wildman–Crippen LogP) is 4.68. The lowest BCUT2D eigenvalue weighted by Gasteiger charge is -2.11. The molecule has 1 N–H and O–H groups in total. The van der Waals surface area contributed by atoms with Crippen LogP contribution in [0.15, 0.2) is 55.0 Å². The van der Waals surface area contributed by atoms with Gasteiger partial charge in [-0.05, 0) is 17.7 Å². The smallest absolute Gasteiger partial charge is 0.387 e. The highest BCUT2D eigenvalue weighted by atomic mass is 19.4. The summed E-state index contributed by atoms with van der Waals surface area (Å²) >= 11 is 0. The number of benzene rings is 1. The minimum atomic E-state index is -4.97. The molecule has 0 saturated carbocycles. The van der Waals surface area contributed by atoms with Gasteiger partial charge in [0, 0.05) is 32.1 Å². The normalized spacial score (nSPS) is 12.3. The largest absolute Gasteiger partial charge is 0.574 e. The van der Waals surface area contributed by atoms with Crippen LogP contribution in [0.3, 0.4) is 0 Å². The highest BCUT2D eigenvalue weighted by Gasteiger charge is 2.35. The standard InChI is InChI=1S/C24H18F6N8O/c1-36-12-17(23(25,26)27)34-19(36)14-7-5-13(6-8-14)11-38-20-16(37(2)22(38)31)10-33-18(35-20)15-4-3-9-32-21(15)39-24(28,29)30/h3-10,12,31H,11H2,1-2H3. The number of fused-ring (bicyclic) bond motifs is 1. The molecule has 5 aromatic rings. The summed E-state index contributed by atoms with van der Waals surface area (Å²) in [4.78, 5) is 15.9. The number of imidazole rings is 2. The Balaban J connectivity index is 1.50. The van der Waals surface area contributed by atoms with Crippen LogP contribution >= 0.6 is 0 Å². The van der Waals surface area contributed by atoms with Gasteiger partial charge in [0.25, 0.3) is 0 Å². The molecule has 0 unspecified atom stereocenters. The molecule has 39 heavy (non-hydrogen) atoms. The summed E-state index contributed by atoms with van der Waals surface area (Å²) < 4.78 is 86.1. The van der Waals surface area contributed by atoms with Gasteiger partial charge in [0.15, 0.2) is 17.2 Å². The van der Waals surface area contributed by atoms with Crippen molar-refractivity contribution < 1.29 is 31.1 Å². The van der Waals surface area contributed by atoms with Crippen LogP contribution < -0.4 is 10.4 Å². The monoisotopic (exact) mass is 548 g/mol. The Morgan fingerprint density at radius 3 is 2.31 bits per heavy atom. The van der Waals surface area contributed by atoms with Gasteiger partial charge in [-0.1, -0.05) is 24.3 Å². The first-order chi connectivity index (χ1) is 18.3. The van der Waals surface area contributed by atoms with Crippen LogP contribution in [0.25, 0.3) is 33.9 Å². The van der Waals surface area contributed by atoms with Crippen LogP contribution in [0.1, 0.15) is 11.3 Å². The van der Waals surface area contributed by atoms with Gasteiger partial charge >= 0.3 is 12.5 Å². The zero-order valence-electron chi connectivity index (χ0n) is 20.2. The Kier molecular flexibility index (Phi) is 6.15. The molecule has 0 aliphatic heterocycles. The van der Waals surface area contributed by atoms with E-state index < -0.39 is 24.1 Å². The first-order valence-corrected chi connectivity index (χ1v) is 11.2. The minimum absolute atomic E-state index is 0.0393. The lowest BCUT2D eigenvalue weighted by Crippen LogP contribution is -2.23. The van der Waals surface area contributed by atoms with Gasteiger partial charge in [-0.3, -0.25) is 9.98 Å². The maximum atomic E-state index is 13.0. The van der Waals surface area contributed by atoms with Gasteiger partial charge in [0.2, 0.25) is 11.5 Å². The van der Waals surface area contributed by atoms with Crippen molar-refractivity contribution in [2.75, 3.05) is 0 Å². The Morgan fingerprint density at radius 2 is 1.67 bits per heavy atom. The molecular weight excluding hydrogens is 530 g/mol. The third-order valence-electron chi connectivity index (χ3n) is 5.88. The van der Waals surface area contributed by atoms with Gasteiger partial charge in [0.1, 0.15) is 11.3 Å². The number of aryl methyl sites for hydroxylation is 2. The molecule has 202 valence electrons. The van der Waals surface area contributed by atoms with Gasteiger partial charge in [-0.2, -0.15) is 13.2 Å². The van der Waals surface area contributed by atoms with Crippen molar-refractivity contribution in [2.45, 2.75) is 19.1 Å². The average Bonchev–Trinajstić information content (AvgIpc) is 3.37. The summed E-state index contributed by atoms with van der Waals surface area (Å²) in [7, 11) is 3.09. The quantitative estimate of drug-likeness (QED) is 0.322. The first kappa shape index (κ1) is 25.9. The highest BCUT2D eigenvalue weighted by Crippen LogP contribution is 2.32. The molecule has 9 nitrogen and oxygen atoms in total. The van der Waals surface area contributed by atoms with Crippen LogP contribution in [-0.4, -0.2) is 40.0 Å². The number of hydrogen-bond donors (Lipinski definition) is 1. The molecule has 0 saturated heterocycles. The van der Waals surface area contributed by atoms with Gasteiger partial charge in [-0.25, -0.2) is 19.9 Å². The molecule has 15 heteroatoms. The van der Waals surface area contributed by atoms with Crippen molar-refractivity contribution in [3.05, 3.63) is 71.9 Å². The number of rotatable bonds is 5. The van der Waals surface area contributed by atoms with Gasteiger partial charge in [0.05, 0.1) is 18.3 Å². The Bertz CT molecular complexity index is 1730. The van der Waals surface area contributed by atoms with E-state index in [-0.39, 0.29) is 35.0 Å². The molecule has 0 atom stereocenters. The van der Waals surface area contributed by atoms with E-state index in [1.165, 1.54) is 39.1 Å². The number of hydrogen-bond acceptors (Lipinski definition) is 6. The average molecular weight is 548 g/mol. The fourth-order valence-corrected chi connectivity index (χ4v) is 4.04. The van der Waals surface area contributed by atoms with Crippen LogP contribution in [-0.2, 0) is 26.8 Å². The summed E-state index contributed by atoms with van der Waals surface area (Å²) in [5.41, 5.74) is 0.838. The minimum Gasteiger partial charge on any atom is -0.387 e. The van der Waals surface area contributed by atoms with Crippen LogP contribution in [0, 0.1) is 5.41 Å². The number of nitrogens with zero attached hydrogens (tertiary/aromatic N) is 7. The van der Waals surface area contributed by atoms with Gasteiger partial charge in [-0.15, -0.1) is 13.2 Å². The van der Waals surface area contributed by atoms with Crippen molar-refractivity contribution in [3.8, 4) is 28.7 Å². The van der Waals surface area contributed by atoms with Crippen molar-refractivity contribution in [3.63, 3.8) is 0 Å². The number of aromatic nitrogens is 7. The van der Waals surface area contributed by atoms with Crippen LogP contribution in [0.4, 0.5) is 26.3 Å². The molecule has 0 amide bonds. The van der Waals surface area contributed by atoms with Crippen molar-refractivity contribution in [1.29, 1.82) is 5.41 Å². The van der Waals surface area contributed by atoms with E-state index in [0.717, 1.165) is 12.4 Å². The number of halogens is 6. The van der Waals surface area contributed by atoms with E-state index in [0.29, 0.717) is 16.6 Å². The van der Waals surface area contributed by atoms with Crippen LogP contribution in [0.5, 0.6) is 5.88 Å². The maximum absolute atomic E-state index is 13.0. The van der Waals surface area contributed by atoms with E-state index in [4.69, 9.17) is 5.41 Å². The van der Waals surface area contributed by atoms with E-state index in [1.807, 2.05) is 0 Å². The van der Waals surface area contributed by atoms with Crippen molar-refractivity contribution >= 4 is 11.2 Å². The van der Waals surface area contributed by atoms with E-state index in [9.17, 15) is 26.3 Å². The predicted molar refractivity (Wildman–Crippen MR) is 125 cm³/mol. The molecule has 0 fully saturated rings. The number of ether oxygens (including phenoxy) is 1. The number of nitrogens with one attached hydrogen (secondary N) is 1. The zero-order chi connectivity index (χ0) is 28.1. The molecule has 0 bridgehead atoms. The fraction of sp³-hybridized carbons (Fsp3) is 0.208. The van der Waals surface area contributed by atoms with Crippen molar-refractivity contribution in [1.82, 2.24) is 33.6 Å². The van der Waals surface area contributed by atoms with E-state index in [2.05, 4.69) is 24.7 Å². The second-order valence-electron chi connectivity index (χ2n) is 8.53. The third-order valence-corrected chi connectivity index (χ3v) is 5.88. The lowest BCUT2D eigenvalue weighted by atomic mass is 10.1. The highest BCUT2D eigenvalue weighted by molar-refractivity contribution is 5.74. The Hall–Kier alpha value is -4.69. The maximum Gasteiger partial charge on any atom is 0.574 e. The molecule has 5 rings (SSSR count). The molecular formula is C24H18F6N8O. The summed E-state index contributed by atoms with van der Waals surface area (Å²) in [6.45, 7) is 0.139. The zero-order valence-corrected chi connectivity index (χ0v) is 20.2. The summed E-state index contributed by atoms with van der Waals surface area (Å²) in [5.74, 6) is -0.658. The molecule has 1 aromatic carbocycles. The van der Waals surface area contributed by atoms with E-state index >= 15 is 0 Å². The molecule has 0 aliphatic carbocycles. The second kappa shape index (κ2) is 9.25. The Morgan fingerprint density at radius 1 is 0.949 bits per heavy atom. The Labute approximate surface area is 215 Å². The molecule has 4 heterocycles. The SMILES string of the molecule is Cn1cc(C(F)(F)F)nc1-c1ccc(Cn2c(=N)n(C)c3cnc(-c4cccnc4OC(F)(F)F)nc32)cc1.